The molecule has 0 heterocycles. The van der Waals surface area contributed by atoms with Crippen LogP contribution >= 0.6 is 0 Å². The molecule has 0 spiro atoms. The van der Waals surface area contributed by atoms with Gasteiger partial charge in [0.1, 0.15) is 6.61 Å². The summed E-state index contributed by atoms with van der Waals surface area (Å²) >= 11 is 0. The third kappa shape index (κ3) is 4.57. The fraction of sp³-hybridized carbons (Fsp3) is 0.222. The normalized spacial score (nSPS) is 11.2. The minimum absolute atomic E-state index is 0.154. The van der Waals surface area contributed by atoms with Gasteiger partial charge in [-0.05, 0) is 80.1 Å². The Bertz CT molecular complexity index is 1170. The minimum atomic E-state index is -0.154. The summed E-state index contributed by atoms with van der Waals surface area (Å²) in [5.74, 6) is -0.154. The Hall–Kier alpha value is -3.71. The molecule has 0 aromatic heterocycles. The summed E-state index contributed by atoms with van der Waals surface area (Å²) in [6, 6.07) is 18.6. The molecule has 0 radical (unpaired) electrons. The molecule has 0 aliphatic carbocycles. The van der Waals surface area contributed by atoms with E-state index in [2.05, 4.69) is 18.1 Å². The van der Waals surface area contributed by atoms with Gasteiger partial charge < -0.3 is 4.84 Å². The standard InChI is InChI=1S/C27H26N2O2/c1-17-18(2)20(4)25(21(5)19(17)3)27(30)26(24-12-7-6-8-13-24)29-31-16-23-11-9-10-22(14-23)15-28/h6-14H,16H2,1-5H3/b29-26+. The van der Waals surface area contributed by atoms with E-state index in [1.807, 2.05) is 64.1 Å². The molecule has 0 amide bonds. The molecule has 0 aliphatic rings. The molecule has 3 rings (SSSR count). The van der Waals surface area contributed by atoms with Gasteiger partial charge in [0.15, 0.2) is 5.71 Å². The molecule has 0 atom stereocenters. The number of carbonyl (C=O) groups excluding carboxylic acids is 1. The summed E-state index contributed by atoms with van der Waals surface area (Å²) in [4.78, 5) is 19.3. The van der Waals surface area contributed by atoms with Gasteiger partial charge in [-0.1, -0.05) is 47.6 Å². The Balaban J connectivity index is 2.02. The van der Waals surface area contributed by atoms with E-state index in [4.69, 9.17) is 10.1 Å². The lowest BCUT2D eigenvalue weighted by Crippen LogP contribution is -2.20. The highest BCUT2D eigenvalue weighted by atomic mass is 16.6. The lowest BCUT2D eigenvalue weighted by molar-refractivity contribution is 0.103. The molecule has 0 saturated carbocycles. The average Bonchev–Trinajstić information content (AvgIpc) is 2.80. The summed E-state index contributed by atoms with van der Waals surface area (Å²) in [6.07, 6.45) is 0. The maximum absolute atomic E-state index is 13.7. The fourth-order valence-corrected chi connectivity index (χ4v) is 3.68. The molecule has 0 fully saturated rings. The maximum atomic E-state index is 13.7. The van der Waals surface area contributed by atoms with Crippen LogP contribution in [0.15, 0.2) is 59.8 Å². The van der Waals surface area contributed by atoms with Gasteiger partial charge in [0.25, 0.3) is 0 Å². The second-order valence-electron chi connectivity index (χ2n) is 7.72. The second-order valence-corrected chi connectivity index (χ2v) is 7.72. The first-order valence-electron chi connectivity index (χ1n) is 10.2. The first kappa shape index (κ1) is 22.0. The van der Waals surface area contributed by atoms with Crippen molar-refractivity contribution in [1.82, 2.24) is 0 Å². The molecule has 4 nitrogen and oxygen atoms in total. The van der Waals surface area contributed by atoms with Gasteiger partial charge in [-0.3, -0.25) is 4.79 Å². The summed E-state index contributed by atoms with van der Waals surface area (Å²) < 4.78 is 0. The molecule has 156 valence electrons. The van der Waals surface area contributed by atoms with Crippen molar-refractivity contribution >= 4 is 11.5 Å². The zero-order valence-electron chi connectivity index (χ0n) is 18.6. The van der Waals surface area contributed by atoms with Crippen molar-refractivity contribution in [1.29, 1.82) is 5.26 Å². The summed E-state index contributed by atoms with van der Waals surface area (Å²) in [5, 5.41) is 13.3. The molecule has 0 unspecified atom stereocenters. The van der Waals surface area contributed by atoms with Crippen LogP contribution in [-0.2, 0) is 11.4 Å². The smallest absolute Gasteiger partial charge is 0.215 e. The van der Waals surface area contributed by atoms with E-state index in [1.54, 1.807) is 18.2 Å². The molecule has 0 bridgehead atoms. The number of nitriles is 1. The number of hydrogen-bond acceptors (Lipinski definition) is 4. The van der Waals surface area contributed by atoms with E-state index in [0.717, 1.165) is 27.8 Å². The average molecular weight is 411 g/mol. The molecular formula is C27H26N2O2. The van der Waals surface area contributed by atoms with Crippen LogP contribution in [0.3, 0.4) is 0 Å². The van der Waals surface area contributed by atoms with Crippen LogP contribution in [0.2, 0.25) is 0 Å². The summed E-state index contributed by atoms with van der Waals surface area (Å²) in [5.41, 5.74) is 8.40. The van der Waals surface area contributed by atoms with Crippen molar-refractivity contribution in [3.05, 3.63) is 105 Å². The Kier molecular flexibility index (Phi) is 6.67. The third-order valence-corrected chi connectivity index (χ3v) is 5.93. The van der Waals surface area contributed by atoms with Gasteiger partial charge in [0.05, 0.1) is 11.6 Å². The first-order chi connectivity index (χ1) is 14.8. The van der Waals surface area contributed by atoms with Crippen LogP contribution in [0.5, 0.6) is 0 Å². The van der Waals surface area contributed by atoms with Crippen LogP contribution in [0.4, 0.5) is 0 Å². The lowest BCUT2D eigenvalue weighted by Gasteiger charge is -2.18. The number of oxime groups is 1. The predicted molar refractivity (Wildman–Crippen MR) is 123 cm³/mol. The summed E-state index contributed by atoms with van der Waals surface area (Å²) in [7, 11) is 0. The molecule has 0 saturated heterocycles. The molecule has 3 aromatic rings. The number of rotatable bonds is 6. The van der Waals surface area contributed by atoms with Crippen LogP contribution in [0.1, 0.15) is 54.9 Å². The topological polar surface area (TPSA) is 62.4 Å². The van der Waals surface area contributed by atoms with Crippen LogP contribution < -0.4 is 0 Å². The van der Waals surface area contributed by atoms with Gasteiger partial charge >= 0.3 is 0 Å². The van der Waals surface area contributed by atoms with Crippen molar-refractivity contribution in [3.63, 3.8) is 0 Å². The van der Waals surface area contributed by atoms with Gasteiger partial charge in [-0.2, -0.15) is 5.26 Å². The summed E-state index contributed by atoms with van der Waals surface area (Å²) in [6.45, 7) is 10.3. The molecule has 0 N–H and O–H groups in total. The number of ketones is 1. The SMILES string of the molecule is Cc1c(C)c(C)c(C(=O)/C(=N/OCc2cccc(C#N)c2)c2ccccc2)c(C)c1C. The van der Waals surface area contributed by atoms with Gasteiger partial charge in [-0.15, -0.1) is 0 Å². The monoisotopic (exact) mass is 410 g/mol. The largest absolute Gasteiger partial charge is 0.390 e. The van der Waals surface area contributed by atoms with E-state index in [9.17, 15) is 4.79 Å². The van der Waals surface area contributed by atoms with Crippen LogP contribution in [-0.4, -0.2) is 11.5 Å². The Morgan fingerprint density at radius 2 is 1.48 bits per heavy atom. The molecule has 0 aliphatic heterocycles. The zero-order valence-corrected chi connectivity index (χ0v) is 18.6. The first-order valence-corrected chi connectivity index (χ1v) is 10.2. The van der Waals surface area contributed by atoms with Gasteiger partial charge in [0.2, 0.25) is 5.78 Å². The minimum Gasteiger partial charge on any atom is -0.390 e. The highest BCUT2D eigenvalue weighted by Crippen LogP contribution is 2.27. The van der Waals surface area contributed by atoms with E-state index in [-0.39, 0.29) is 18.1 Å². The molecule has 4 heteroatoms. The fourth-order valence-electron chi connectivity index (χ4n) is 3.68. The van der Waals surface area contributed by atoms with Gasteiger partial charge in [-0.25, -0.2) is 0 Å². The third-order valence-electron chi connectivity index (χ3n) is 5.93. The van der Waals surface area contributed by atoms with Crippen molar-refractivity contribution in [2.75, 3.05) is 0 Å². The highest BCUT2D eigenvalue weighted by molar-refractivity contribution is 6.51. The van der Waals surface area contributed by atoms with Crippen molar-refractivity contribution in [3.8, 4) is 6.07 Å². The second kappa shape index (κ2) is 9.40. The number of Topliss-reactive ketones (excluding diaryl/α,β-unsaturated/α-hetero) is 1. The molecule has 3 aromatic carbocycles. The van der Waals surface area contributed by atoms with E-state index in [1.165, 1.54) is 5.56 Å². The number of hydrogen-bond donors (Lipinski definition) is 0. The predicted octanol–water partition coefficient (Wildman–Crippen LogP) is 5.90. The van der Waals surface area contributed by atoms with E-state index in [0.29, 0.717) is 16.7 Å². The van der Waals surface area contributed by atoms with Crippen molar-refractivity contribution in [2.24, 2.45) is 5.16 Å². The van der Waals surface area contributed by atoms with Crippen LogP contribution in [0.25, 0.3) is 0 Å². The zero-order chi connectivity index (χ0) is 22.5. The lowest BCUT2D eigenvalue weighted by atomic mass is 9.86. The van der Waals surface area contributed by atoms with E-state index >= 15 is 0 Å². The van der Waals surface area contributed by atoms with Crippen molar-refractivity contribution in [2.45, 2.75) is 41.2 Å². The van der Waals surface area contributed by atoms with Gasteiger partial charge in [0, 0.05) is 11.1 Å². The van der Waals surface area contributed by atoms with Crippen molar-refractivity contribution < 1.29 is 9.63 Å². The Labute approximate surface area is 183 Å². The number of carbonyl (C=O) groups is 1. The molecular weight excluding hydrogens is 384 g/mol. The highest BCUT2D eigenvalue weighted by Gasteiger charge is 2.24. The van der Waals surface area contributed by atoms with E-state index < -0.39 is 0 Å². The molecule has 31 heavy (non-hydrogen) atoms. The quantitative estimate of drug-likeness (QED) is 0.288. The Morgan fingerprint density at radius 3 is 2.10 bits per heavy atom. The number of nitrogens with zero attached hydrogens (tertiary/aromatic N) is 2. The maximum Gasteiger partial charge on any atom is 0.215 e. The van der Waals surface area contributed by atoms with Crippen LogP contribution in [0, 0.1) is 45.9 Å². The Morgan fingerprint density at radius 1 is 0.871 bits per heavy atom. The number of benzene rings is 3.